The summed E-state index contributed by atoms with van der Waals surface area (Å²) in [6, 6.07) is 6.26. The van der Waals surface area contributed by atoms with Crippen LogP contribution < -0.4 is 10.6 Å². The third-order valence-corrected chi connectivity index (χ3v) is 4.78. The SMILES string of the molecule is CC(Sc1ccc([N+](=O)[O-])cc1)C(=O)NCCN1CCNCC1. The van der Waals surface area contributed by atoms with Gasteiger partial charge in [0.15, 0.2) is 0 Å². The van der Waals surface area contributed by atoms with E-state index in [0.717, 1.165) is 37.6 Å². The smallest absolute Gasteiger partial charge is 0.269 e. The third kappa shape index (κ3) is 5.81. The molecule has 8 heteroatoms. The van der Waals surface area contributed by atoms with Crippen LogP contribution in [0.2, 0.25) is 0 Å². The van der Waals surface area contributed by atoms with E-state index in [1.165, 1.54) is 23.9 Å². The molecule has 23 heavy (non-hydrogen) atoms. The first kappa shape index (κ1) is 17.7. The summed E-state index contributed by atoms with van der Waals surface area (Å²) in [5.74, 6) is -0.0107. The van der Waals surface area contributed by atoms with Crippen molar-refractivity contribution in [2.75, 3.05) is 39.3 Å². The van der Waals surface area contributed by atoms with Crippen molar-refractivity contribution < 1.29 is 9.72 Å². The third-order valence-electron chi connectivity index (χ3n) is 3.67. The zero-order valence-electron chi connectivity index (χ0n) is 13.2. The number of nitro groups is 1. The van der Waals surface area contributed by atoms with Gasteiger partial charge in [-0.3, -0.25) is 19.8 Å². The van der Waals surface area contributed by atoms with Gasteiger partial charge in [0.25, 0.3) is 5.69 Å². The normalized spacial score (nSPS) is 16.7. The maximum Gasteiger partial charge on any atom is 0.269 e. The number of carbonyl (C=O) groups excluding carboxylic acids is 1. The number of thioether (sulfide) groups is 1. The molecule has 0 spiro atoms. The molecule has 1 saturated heterocycles. The van der Waals surface area contributed by atoms with Crippen LogP contribution in [0.4, 0.5) is 5.69 Å². The number of hydrogen-bond donors (Lipinski definition) is 2. The minimum absolute atomic E-state index is 0.0107. The first-order valence-corrected chi connectivity index (χ1v) is 8.56. The lowest BCUT2D eigenvalue weighted by Crippen LogP contribution is -2.46. The second kappa shape index (κ2) is 8.85. The van der Waals surface area contributed by atoms with Gasteiger partial charge in [0.05, 0.1) is 10.2 Å². The van der Waals surface area contributed by atoms with Crippen LogP contribution in [0.25, 0.3) is 0 Å². The number of benzene rings is 1. The van der Waals surface area contributed by atoms with Gasteiger partial charge < -0.3 is 10.6 Å². The van der Waals surface area contributed by atoms with E-state index in [1.54, 1.807) is 12.1 Å². The van der Waals surface area contributed by atoms with Gasteiger partial charge in [-0.1, -0.05) is 0 Å². The zero-order valence-corrected chi connectivity index (χ0v) is 14.0. The van der Waals surface area contributed by atoms with Gasteiger partial charge in [0.2, 0.25) is 5.91 Å². The fourth-order valence-electron chi connectivity index (χ4n) is 2.32. The molecule has 1 unspecified atom stereocenters. The molecule has 7 nitrogen and oxygen atoms in total. The summed E-state index contributed by atoms with van der Waals surface area (Å²) in [5.41, 5.74) is 0.0578. The minimum Gasteiger partial charge on any atom is -0.354 e. The van der Waals surface area contributed by atoms with Gasteiger partial charge in [-0.25, -0.2) is 0 Å². The zero-order chi connectivity index (χ0) is 16.7. The summed E-state index contributed by atoms with van der Waals surface area (Å²) in [4.78, 5) is 25.5. The van der Waals surface area contributed by atoms with Crippen LogP contribution in [0.3, 0.4) is 0 Å². The number of amides is 1. The van der Waals surface area contributed by atoms with E-state index in [9.17, 15) is 14.9 Å². The topological polar surface area (TPSA) is 87.5 Å². The Bertz CT molecular complexity index is 532. The largest absolute Gasteiger partial charge is 0.354 e. The average molecular weight is 338 g/mol. The number of piperazine rings is 1. The highest BCUT2D eigenvalue weighted by Gasteiger charge is 2.15. The summed E-state index contributed by atoms with van der Waals surface area (Å²) in [6.45, 7) is 7.38. The maximum absolute atomic E-state index is 12.1. The molecule has 1 amide bonds. The van der Waals surface area contributed by atoms with Gasteiger partial charge in [-0.15, -0.1) is 11.8 Å². The molecule has 0 saturated carbocycles. The Morgan fingerprint density at radius 1 is 1.39 bits per heavy atom. The first-order valence-electron chi connectivity index (χ1n) is 7.68. The first-order chi connectivity index (χ1) is 11.1. The molecule has 1 aromatic carbocycles. The number of nitrogens with one attached hydrogen (secondary N) is 2. The van der Waals surface area contributed by atoms with Crippen molar-refractivity contribution in [1.82, 2.24) is 15.5 Å². The molecule has 1 aliphatic heterocycles. The molecular weight excluding hydrogens is 316 g/mol. The highest BCUT2D eigenvalue weighted by atomic mass is 32.2. The van der Waals surface area contributed by atoms with E-state index in [4.69, 9.17) is 0 Å². The van der Waals surface area contributed by atoms with Crippen molar-refractivity contribution in [3.8, 4) is 0 Å². The number of rotatable bonds is 7. The van der Waals surface area contributed by atoms with Crippen molar-refractivity contribution in [2.45, 2.75) is 17.1 Å². The molecule has 0 aliphatic carbocycles. The van der Waals surface area contributed by atoms with E-state index in [1.807, 2.05) is 6.92 Å². The Kier molecular flexibility index (Phi) is 6.82. The number of nitrogens with zero attached hydrogens (tertiary/aromatic N) is 2. The summed E-state index contributed by atoms with van der Waals surface area (Å²) >= 11 is 1.40. The molecule has 1 fully saturated rings. The fourth-order valence-corrected chi connectivity index (χ4v) is 3.21. The number of carbonyl (C=O) groups is 1. The monoisotopic (exact) mass is 338 g/mol. The van der Waals surface area contributed by atoms with Crippen LogP contribution >= 0.6 is 11.8 Å². The van der Waals surface area contributed by atoms with E-state index >= 15 is 0 Å². The highest BCUT2D eigenvalue weighted by Crippen LogP contribution is 2.25. The molecule has 1 aliphatic rings. The standard InChI is InChI=1S/C15H22N4O3S/c1-12(23-14-4-2-13(3-5-14)19(21)22)15(20)17-8-11-18-9-6-16-7-10-18/h2-5,12,16H,6-11H2,1H3,(H,17,20). The molecule has 1 aromatic rings. The van der Waals surface area contributed by atoms with Crippen molar-refractivity contribution in [3.63, 3.8) is 0 Å². The quantitative estimate of drug-likeness (QED) is 0.440. The Morgan fingerprint density at radius 3 is 2.65 bits per heavy atom. The Hall–Kier alpha value is -1.64. The van der Waals surface area contributed by atoms with Crippen molar-refractivity contribution in [1.29, 1.82) is 0 Å². The van der Waals surface area contributed by atoms with Gasteiger partial charge in [0.1, 0.15) is 0 Å². The van der Waals surface area contributed by atoms with E-state index in [0.29, 0.717) is 6.54 Å². The van der Waals surface area contributed by atoms with E-state index < -0.39 is 4.92 Å². The van der Waals surface area contributed by atoms with Crippen molar-refractivity contribution >= 4 is 23.4 Å². The Labute approximate surface area is 140 Å². The maximum atomic E-state index is 12.1. The lowest BCUT2D eigenvalue weighted by molar-refractivity contribution is -0.384. The van der Waals surface area contributed by atoms with E-state index in [-0.39, 0.29) is 16.8 Å². The summed E-state index contributed by atoms with van der Waals surface area (Å²) in [6.07, 6.45) is 0. The minimum atomic E-state index is -0.430. The molecule has 126 valence electrons. The van der Waals surface area contributed by atoms with Crippen molar-refractivity contribution in [3.05, 3.63) is 34.4 Å². The summed E-state index contributed by atoms with van der Waals surface area (Å²) < 4.78 is 0. The van der Waals surface area contributed by atoms with E-state index in [2.05, 4.69) is 15.5 Å². The van der Waals surface area contributed by atoms with Gasteiger partial charge >= 0.3 is 0 Å². The number of non-ortho nitro benzene ring substituents is 1. The number of hydrogen-bond acceptors (Lipinski definition) is 6. The molecule has 1 atom stereocenters. The van der Waals surface area contributed by atoms with Gasteiger partial charge in [-0.2, -0.15) is 0 Å². The van der Waals surface area contributed by atoms with Crippen LogP contribution in [0.5, 0.6) is 0 Å². The molecule has 1 heterocycles. The summed E-state index contributed by atoms with van der Waals surface area (Å²) in [7, 11) is 0. The fraction of sp³-hybridized carbons (Fsp3) is 0.533. The lowest BCUT2D eigenvalue weighted by atomic mass is 10.3. The van der Waals surface area contributed by atoms with Crippen LogP contribution in [-0.4, -0.2) is 60.2 Å². The molecule has 0 bridgehead atoms. The molecule has 2 rings (SSSR count). The Morgan fingerprint density at radius 2 is 2.04 bits per heavy atom. The van der Waals surface area contributed by atoms with Crippen LogP contribution in [0, 0.1) is 10.1 Å². The van der Waals surface area contributed by atoms with Gasteiger partial charge in [-0.05, 0) is 19.1 Å². The molecule has 2 N–H and O–H groups in total. The van der Waals surface area contributed by atoms with Crippen LogP contribution in [0.1, 0.15) is 6.92 Å². The molecule has 0 radical (unpaired) electrons. The molecular formula is C15H22N4O3S. The molecule has 0 aromatic heterocycles. The predicted molar refractivity (Wildman–Crippen MR) is 90.7 cm³/mol. The number of nitro benzene ring substituents is 1. The second-order valence-corrected chi connectivity index (χ2v) is 6.81. The lowest BCUT2D eigenvalue weighted by Gasteiger charge is -2.27. The van der Waals surface area contributed by atoms with Crippen molar-refractivity contribution in [2.24, 2.45) is 0 Å². The predicted octanol–water partition coefficient (Wildman–Crippen LogP) is 1.10. The average Bonchev–Trinajstić information content (AvgIpc) is 2.56. The van der Waals surface area contributed by atoms with Gasteiger partial charge in [0, 0.05) is 56.3 Å². The Balaban J connectivity index is 1.72. The van der Waals surface area contributed by atoms with Crippen LogP contribution in [0.15, 0.2) is 29.2 Å². The summed E-state index contributed by atoms with van der Waals surface area (Å²) in [5, 5.41) is 16.6. The highest BCUT2D eigenvalue weighted by molar-refractivity contribution is 8.00. The second-order valence-electron chi connectivity index (χ2n) is 5.39. The van der Waals surface area contributed by atoms with Crippen LogP contribution in [-0.2, 0) is 4.79 Å².